The highest BCUT2D eigenvalue weighted by Crippen LogP contribution is 2.38. The molecule has 1 N–H and O–H groups in total. The van der Waals surface area contributed by atoms with Crippen molar-refractivity contribution in [3.63, 3.8) is 0 Å². The topological polar surface area (TPSA) is 28.4 Å². The summed E-state index contributed by atoms with van der Waals surface area (Å²) in [6.45, 7) is 3.21. The van der Waals surface area contributed by atoms with Gasteiger partial charge in [0.1, 0.15) is 5.76 Å². The SMILES string of the molecule is FC(F)(F)c1ccc([C@@H](c2ccco2)N2CCNCC2)cc1Cl. The molecule has 0 spiro atoms. The molecule has 3 nitrogen and oxygen atoms in total. The molecule has 3 rings (SSSR count). The van der Waals surface area contributed by atoms with Crippen molar-refractivity contribution in [1.82, 2.24) is 10.2 Å². The van der Waals surface area contributed by atoms with E-state index in [2.05, 4.69) is 10.2 Å². The summed E-state index contributed by atoms with van der Waals surface area (Å²) < 4.78 is 44.2. The minimum Gasteiger partial charge on any atom is -0.467 e. The van der Waals surface area contributed by atoms with E-state index >= 15 is 0 Å². The molecule has 0 unspecified atom stereocenters. The van der Waals surface area contributed by atoms with Gasteiger partial charge < -0.3 is 9.73 Å². The van der Waals surface area contributed by atoms with E-state index in [9.17, 15) is 13.2 Å². The van der Waals surface area contributed by atoms with Gasteiger partial charge >= 0.3 is 6.18 Å². The van der Waals surface area contributed by atoms with Gasteiger partial charge in [0.25, 0.3) is 0 Å². The molecule has 1 aliphatic heterocycles. The van der Waals surface area contributed by atoms with E-state index in [1.54, 1.807) is 12.3 Å². The standard InChI is InChI=1S/C16H16ClF3N2O/c17-13-10-11(3-4-12(13)16(18,19)20)15(14-2-1-9-23-14)22-7-5-21-6-8-22/h1-4,9-10,15,21H,5-8H2/t15-/m0/s1. The van der Waals surface area contributed by atoms with Gasteiger partial charge in [0.05, 0.1) is 22.9 Å². The molecule has 0 aliphatic carbocycles. The van der Waals surface area contributed by atoms with Gasteiger partial charge in [-0.25, -0.2) is 0 Å². The third-order valence-corrected chi connectivity index (χ3v) is 4.26. The van der Waals surface area contributed by atoms with E-state index in [0.717, 1.165) is 32.2 Å². The molecule has 1 aliphatic rings. The predicted molar refractivity (Wildman–Crippen MR) is 81.4 cm³/mol. The van der Waals surface area contributed by atoms with Gasteiger partial charge in [0.15, 0.2) is 0 Å². The Morgan fingerprint density at radius 3 is 2.48 bits per heavy atom. The molecule has 7 heteroatoms. The summed E-state index contributed by atoms with van der Waals surface area (Å²) in [5.74, 6) is 0.697. The summed E-state index contributed by atoms with van der Waals surface area (Å²) in [5, 5.41) is 2.97. The Hall–Kier alpha value is -1.50. The van der Waals surface area contributed by atoms with Gasteiger partial charge in [-0.3, -0.25) is 4.90 Å². The molecule has 0 bridgehead atoms. The minimum absolute atomic E-state index is 0.244. The van der Waals surface area contributed by atoms with E-state index in [1.165, 1.54) is 12.1 Å². The van der Waals surface area contributed by atoms with Gasteiger partial charge in [-0.2, -0.15) is 13.2 Å². The van der Waals surface area contributed by atoms with Gasteiger partial charge in [0.2, 0.25) is 0 Å². The first-order valence-corrected chi connectivity index (χ1v) is 7.69. The predicted octanol–water partition coefficient (Wildman–Crippen LogP) is 3.95. The van der Waals surface area contributed by atoms with Crippen LogP contribution in [0.25, 0.3) is 0 Å². The Bertz CT molecular complexity index is 652. The first-order chi connectivity index (χ1) is 11.0. The van der Waals surface area contributed by atoms with Crippen LogP contribution in [0.15, 0.2) is 41.0 Å². The van der Waals surface area contributed by atoms with Crippen molar-refractivity contribution in [3.8, 4) is 0 Å². The highest BCUT2D eigenvalue weighted by Gasteiger charge is 2.34. The van der Waals surface area contributed by atoms with Crippen LogP contribution in [-0.2, 0) is 6.18 Å². The second-order valence-corrected chi connectivity index (χ2v) is 5.85. The van der Waals surface area contributed by atoms with Crippen LogP contribution in [0, 0.1) is 0 Å². The Morgan fingerprint density at radius 1 is 1.17 bits per heavy atom. The lowest BCUT2D eigenvalue weighted by molar-refractivity contribution is -0.137. The first-order valence-electron chi connectivity index (χ1n) is 7.31. The molecule has 2 aromatic rings. The van der Waals surface area contributed by atoms with Crippen molar-refractivity contribution in [2.45, 2.75) is 12.2 Å². The molecule has 0 saturated carbocycles. The summed E-state index contributed by atoms with van der Waals surface area (Å²) in [6.07, 6.45) is -2.89. The van der Waals surface area contributed by atoms with Crippen LogP contribution in [0.5, 0.6) is 0 Å². The minimum atomic E-state index is -4.45. The van der Waals surface area contributed by atoms with Crippen LogP contribution < -0.4 is 5.32 Å². The Morgan fingerprint density at radius 2 is 1.91 bits per heavy atom. The summed E-state index contributed by atoms with van der Waals surface area (Å²) in [7, 11) is 0. The van der Waals surface area contributed by atoms with Crippen LogP contribution in [0.2, 0.25) is 5.02 Å². The first kappa shape index (κ1) is 16.4. The molecule has 124 valence electrons. The molecule has 0 radical (unpaired) electrons. The molecule has 1 saturated heterocycles. The highest BCUT2D eigenvalue weighted by molar-refractivity contribution is 6.31. The quantitative estimate of drug-likeness (QED) is 0.914. The normalized spacial score (nSPS) is 18.1. The van der Waals surface area contributed by atoms with Crippen molar-refractivity contribution in [1.29, 1.82) is 0 Å². The lowest BCUT2D eigenvalue weighted by atomic mass is 10.00. The summed E-state index contributed by atoms with van der Waals surface area (Å²) >= 11 is 5.88. The van der Waals surface area contributed by atoms with E-state index in [1.807, 2.05) is 6.07 Å². The second kappa shape index (κ2) is 6.55. The molecule has 1 atom stereocenters. The molecule has 2 heterocycles. The van der Waals surface area contributed by atoms with Crippen molar-refractivity contribution < 1.29 is 17.6 Å². The van der Waals surface area contributed by atoms with Crippen molar-refractivity contribution in [3.05, 3.63) is 58.5 Å². The van der Waals surface area contributed by atoms with Crippen LogP contribution in [0.4, 0.5) is 13.2 Å². The lowest BCUT2D eigenvalue weighted by Crippen LogP contribution is -2.45. The fourth-order valence-electron chi connectivity index (χ4n) is 2.87. The maximum Gasteiger partial charge on any atom is 0.417 e. The highest BCUT2D eigenvalue weighted by atomic mass is 35.5. The Balaban J connectivity index is 1.98. The molecule has 0 amide bonds. The van der Waals surface area contributed by atoms with Gasteiger partial charge in [-0.15, -0.1) is 0 Å². The van der Waals surface area contributed by atoms with E-state index < -0.39 is 11.7 Å². The maximum atomic E-state index is 12.9. The third-order valence-electron chi connectivity index (χ3n) is 3.94. The zero-order valence-electron chi connectivity index (χ0n) is 12.2. The Labute approximate surface area is 137 Å². The number of rotatable bonds is 3. The number of alkyl halides is 3. The van der Waals surface area contributed by atoms with Gasteiger partial charge in [-0.05, 0) is 29.8 Å². The zero-order chi connectivity index (χ0) is 16.4. The largest absolute Gasteiger partial charge is 0.467 e. The number of piperazine rings is 1. The van der Waals surface area contributed by atoms with E-state index in [0.29, 0.717) is 11.3 Å². The molecular weight excluding hydrogens is 329 g/mol. The summed E-state index contributed by atoms with van der Waals surface area (Å²) in [5.41, 5.74) is -0.124. The second-order valence-electron chi connectivity index (χ2n) is 5.44. The molecule has 1 aromatic carbocycles. The van der Waals surface area contributed by atoms with Crippen LogP contribution in [0.1, 0.15) is 22.9 Å². The van der Waals surface area contributed by atoms with Crippen molar-refractivity contribution in [2.24, 2.45) is 0 Å². The average molecular weight is 345 g/mol. The van der Waals surface area contributed by atoms with Crippen LogP contribution in [-0.4, -0.2) is 31.1 Å². The number of nitrogens with zero attached hydrogens (tertiary/aromatic N) is 1. The fraction of sp³-hybridized carbons (Fsp3) is 0.375. The van der Waals surface area contributed by atoms with E-state index in [-0.39, 0.29) is 11.1 Å². The van der Waals surface area contributed by atoms with Crippen LogP contribution >= 0.6 is 11.6 Å². The molecular formula is C16H16ClF3N2O. The third kappa shape index (κ3) is 3.54. The maximum absolute atomic E-state index is 12.9. The van der Waals surface area contributed by atoms with Crippen LogP contribution in [0.3, 0.4) is 0 Å². The monoisotopic (exact) mass is 344 g/mol. The number of hydrogen-bond acceptors (Lipinski definition) is 3. The number of furan rings is 1. The summed E-state index contributed by atoms with van der Waals surface area (Å²) in [4.78, 5) is 2.17. The molecule has 23 heavy (non-hydrogen) atoms. The molecule has 1 fully saturated rings. The van der Waals surface area contributed by atoms with Gasteiger partial charge in [-0.1, -0.05) is 17.7 Å². The number of halogens is 4. The lowest BCUT2D eigenvalue weighted by Gasteiger charge is -2.34. The number of benzene rings is 1. The number of nitrogens with one attached hydrogen (secondary N) is 1. The zero-order valence-corrected chi connectivity index (χ0v) is 13.0. The summed E-state index contributed by atoms with van der Waals surface area (Å²) in [6, 6.07) is 7.26. The average Bonchev–Trinajstić information content (AvgIpc) is 3.01. The smallest absolute Gasteiger partial charge is 0.417 e. The fourth-order valence-corrected chi connectivity index (χ4v) is 3.17. The number of hydrogen-bond donors (Lipinski definition) is 1. The van der Waals surface area contributed by atoms with E-state index in [4.69, 9.17) is 16.0 Å². The Kier molecular flexibility index (Phi) is 4.66. The van der Waals surface area contributed by atoms with Crippen molar-refractivity contribution >= 4 is 11.6 Å². The van der Waals surface area contributed by atoms with Gasteiger partial charge in [0, 0.05) is 26.2 Å². The molecule has 1 aromatic heterocycles. The van der Waals surface area contributed by atoms with Crippen molar-refractivity contribution in [2.75, 3.05) is 26.2 Å².